The van der Waals surface area contributed by atoms with Crippen LogP contribution >= 0.6 is 0 Å². The summed E-state index contributed by atoms with van der Waals surface area (Å²) in [6, 6.07) is 1.15. The van der Waals surface area contributed by atoms with Crippen molar-refractivity contribution in [2.45, 2.75) is 13.0 Å². The number of nitro groups is 1. The van der Waals surface area contributed by atoms with Crippen LogP contribution in [0, 0.1) is 21.7 Å². The summed E-state index contributed by atoms with van der Waals surface area (Å²) >= 11 is 0. The molecule has 1 aromatic rings. The molecule has 6 heteroatoms. The Balaban J connectivity index is 3.32. The highest BCUT2D eigenvalue weighted by molar-refractivity contribution is 5.36. The van der Waals surface area contributed by atoms with Crippen molar-refractivity contribution >= 4 is 5.69 Å². The van der Waals surface area contributed by atoms with E-state index in [1.54, 1.807) is 0 Å². The molecule has 1 unspecified atom stereocenters. The molecule has 0 bridgehead atoms. The largest absolute Gasteiger partial charge is 0.388 e. The predicted octanol–water partition coefficient (Wildman–Crippen LogP) is 1.93. The summed E-state index contributed by atoms with van der Waals surface area (Å²) in [6.07, 6.45) is -1.34. The highest BCUT2D eigenvalue weighted by Crippen LogP contribution is 2.25. The average Bonchev–Trinajstić information content (AvgIpc) is 2.01. The van der Waals surface area contributed by atoms with Gasteiger partial charge >= 0.3 is 0 Å². The van der Waals surface area contributed by atoms with Crippen molar-refractivity contribution in [2.24, 2.45) is 0 Å². The maximum atomic E-state index is 13.0. The molecule has 1 atom stereocenters. The van der Waals surface area contributed by atoms with Gasteiger partial charge in [-0.2, -0.15) is 0 Å². The Morgan fingerprint density at radius 3 is 2.14 bits per heavy atom. The third-order valence-electron chi connectivity index (χ3n) is 1.69. The smallest absolute Gasteiger partial charge is 0.275 e. The lowest BCUT2D eigenvalue weighted by atomic mass is 10.1. The van der Waals surface area contributed by atoms with Crippen LogP contribution in [0.5, 0.6) is 0 Å². The van der Waals surface area contributed by atoms with Crippen molar-refractivity contribution in [1.29, 1.82) is 0 Å². The summed E-state index contributed by atoms with van der Waals surface area (Å²) in [6.45, 7) is 1.17. The van der Waals surface area contributed by atoms with Crippen molar-refractivity contribution in [1.82, 2.24) is 0 Å². The fourth-order valence-electron chi connectivity index (χ4n) is 1.08. The molecule has 4 nitrogen and oxygen atoms in total. The third-order valence-corrected chi connectivity index (χ3v) is 1.69. The topological polar surface area (TPSA) is 63.4 Å². The van der Waals surface area contributed by atoms with E-state index in [1.807, 2.05) is 0 Å². The van der Waals surface area contributed by atoms with Gasteiger partial charge in [0, 0.05) is 0 Å². The van der Waals surface area contributed by atoms with Gasteiger partial charge in [0.15, 0.2) is 0 Å². The molecule has 0 aliphatic rings. The van der Waals surface area contributed by atoms with E-state index in [2.05, 4.69) is 0 Å². The quantitative estimate of drug-likeness (QED) is 0.590. The van der Waals surface area contributed by atoms with Crippen LogP contribution in [-0.2, 0) is 0 Å². The second-order valence-electron chi connectivity index (χ2n) is 2.76. The van der Waals surface area contributed by atoms with Crippen molar-refractivity contribution in [3.8, 4) is 0 Å². The molecule has 0 spiro atoms. The Labute approximate surface area is 77.9 Å². The van der Waals surface area contributed by atoms with E-state index in [0.717, 1.165) is 0 Å². The normalized spacial score (nSPS) is 12.6. The second kappa shape index (κ2) is 3.67. The summed E-state index contributed by atoms with van der Waals surface area (Å²) < 4.78 is 26.0. The molecule has 0 radical (unpaired) electrons. The Morgan fingerprint density at radius 1 is 1.43 bits per heavy atom. The van der Waals surface area contributed by atoms with E-state index in [-0.39, 0.29) is 0 Å². The SMILES string of the molecule is CC(O)c1c(F)cc([N+](=O)[O-])cc1F. The van der Waals surface area contributed by atoms with Crippen LogP contribution in [0.25, 0.3) is 0 Å². The first-order chi connectivity index (χ1) is 6.43. The number of aliphatic hydroxyl groups excluding tert-OH is 1. The zero-order valence-corrected chi connectivity index (χ0v) is 7.20. The van der Waals surface area contributed by atoms with Crippen LogP contribution in [0.2, 0.25) is 0 Å². The van der Waals surface area contributed by atoms with Crippen molar-refractivity contribution in [3.05, 3.63) is 39.4 Å². The first kappa shape index (κ1) is 10.5. The van der Waals surface area contributed by atoms with Gasteiger partial charge in [0.1, 0.15) is 11.6 Å². The number of nitro benzene ring substituents is 1. The molecule has 1 aromatic carbocycles. The molecule has 1 rings (SSSR count). The summed E-state index contributed by atoms with van der Waals surface area (Å²) in [5, 5.41) is 19.2. The van der Waals surface area contributed by atoms with Crippen LogP contribution < -0.4 is 0 Å². The van der Waals surface area contributed by atoms with Crippen LogP contribution in [0.4, 0.5) is 14.5 Å². The van der Waals surface area contributed by atoms with Gasteiger partial charge in [0.2, 0.25) is 0 Å². The van der Waals surface area contributed by atoms with Crippen LogP contribution in [-0.4, -0.2) is 10.0 Å². The molecule has 0 saturated carbocycles. The molecule has 14 heavy (non-hydrogen) atoms. The molecular weight excluding hydrogens is 196 g/mol. The number of rotatable bonds is 2. The number of halogens is 2. The van der Waals surface area contributed by atoms with Gasteiger partial charge < -0.3 is 5.11 Å². The lowest BCUT2D eigenvalue weighted by Crippen LogP contribution is -2.02. The lowest BCUT2D eigenvalue weighted by Gasteiger charge is -2.06. The number of non-ortho nitro benzene ring substituents is 1. The molecule has 0 aromatic heterocycles. The van der Waals surface area contributed by atoms with E-state index in [0.29, 0.717) is 12.1 Å². The summed E-state index contributed by atoms with van der Waals surface area (Å²) in [4.78, 5) is 9.29. The molecular formula is C8H7F2NO3. The Bertz CT molecular complexity index is 356. The van der Waals surface area contributed by atoms with Gasteiger partial charge in [-0.3, -0.25) is 10.1 Å². The molecule has 1 N–H and O–H groups in total. The first-order valence-electron chi connectivity index (χ1n) is 3.75. The fourth-order valence-corrected chi connectivity index (χ4v) is 1.08. The molecule has 0 aliphatic heterocycles. The maximum absolute atomic E-state index is 13.0. The number of hydrogen-bond donors (Lipinski definition) is 1. The van der Waals surface area contributed by atoms with Gasteiger partial charge in [-0.1, -0.05) is 0 Å². The summed E-state index contributed by atoms with van der Waals surface area (Å²) in [5.74, 6) is -2.24. The standard InChI is InChI=1S/C8H7F2NO3/c1-4(12)8-6(9)2-5(11(13)14)3-7(8)10/h2-4,12H,1H3. The highest BCUT2D eigenvalue weighted by atomic mass is 19.1. The molecule has 0 amide bonds. The summed E-state index contributed by atoms with van der Waals surface area (Å²) in [5.41, 5.74) is -1.24. The Kier molecular flexibility index (Phi) is 2.76. The van der Waals surface area contributed by atoms with Crippen molar-refractivity contribution < 1.29 is 18.8 Å². The third kappa shape index (κ3) is 1.85. The maximum Gasteiger partial charge on any atom is 0.275 e. The van der Waals surface area contributed by atoms with Gasteiger partial charge in [0.05, 0.1) is 28.7 Å². The van der Waals surface area contributed by atoms with Crippen molar-refractivity contribution in [3.63, 3.8) is 0 Å². The minimum atomic E-state index is -1.34. The number of nitrogens with zero attached hydrogens (tertiary/aromatic N) is 1. The van der Waals surface area contributed by atoms with Crippen LogP contribution in [0.3, 0.4) is 0 Å². The second-order valence-corrected chi connectivity index (χ2v) is 2.76. The van der Waals surface area contributed by atoms with Gasteiger partial charge in [-0.05, 0) is 6.92 Å². The Hall–Kier alpha value is -1.56. The van der Waals surface area contributed by atoms with Crippen molar-refractivity contribution in [2.75, 3.05) is 0 Å². The zero-order valence-electron chi connectivity index (χ0n) is 7.20. The minimum Gasteiger partial charge on any atom is -0.388 e. The molecule has 76 valence electrons. The molecule has 0 fully saturated rings. The number of hydrogen-bond acceptors (Lipinski definition) is 3. The molecule has 0 saturated heterocycles. The zero-order chi connectivity index (χ0) is 10.9. The highest BCUT2D eigenvalue weighted by Gasteiger charge is 2.19. The number of benzene rings is 1. The number of aliphatic hydroxyl groups is 1. The fraction of sp³-hybridized carbons (Fsp3) is 0.250. The minimum absolute atomic E-state index is 0.560. The molecule has 0 aliphatic carbocycles. The van der Waals surface area contributed by atoms with Gasteiger partial charge in [-0.15, -0.1) is 0 Å². The average molecular weight is 203 g/mol. The first-order valence-corrected chi connectivity index (χ1v) is 3.75. The van der Waals surface area contributed by atoms with Gasteiger partial charge in [0.25, 0.3) is 5.69 Å². The van der Waals surface area contributed by atoms with E-state index in [9.17, 15) is 18.9 Å². The lowest BCUT2D eigenvalue weighted by molar-refractivity contribution is -0.385. The van der Waals surface area contributed by atoms with E-state index < -0.39 is 33.9 Å². The van der Waals surface area contributed by atoms with Crippen LogP contribution in [0.15, 0.2) is 12.1 Å². The van der Waals surface area contributed by atoms with Gasteiger partial charge in [-0.25, -0.2) is 8.78 Å². The Morgan fingerprint density at radius 2 is 1.86 bits per heavy atom. The molecule has 0 heterocycles. The predicted molar refractivity (Wildman–Crippen MR) is 43.6 cm³/mol. The monoisotopic (exact) mass is 203 g/mol. The van der Waals surface area contributed by atoms with E-state index in [4.69, 9.17) is 5.11 Å². The summed E-state index contributed by atoms with van der Waals surface area (Å²) in [7, 11) is 0. The van der Waals surface area contributed by atoms with E-state index >= 15 is 0 Å². The van der Waals surface area contributed by atoms with E-state index in [1.165, 1.54) is 6.92 Å². The van der Waals surface area contributed by atoms with Crippen LogP contribution in [0.1, 0.15) is 18.6 Å².